The third kappa shape index (κ3) is 1.95. The molecule has 0 atom stereocenters. The van der Waals surface area contributed by atoms with E-state index in [0.717, 1.165) is 24.3 Å². The summed E-state index contributed by atoms with van der Waals surface area (Å²) in [6, 6.07) is 6.46. The molecule has 0 radical (unpaired) electrons. The Balaban J connectivity index is 1.56. The minimum Gasteiger partial charge on any atom is -0.384 e. The fraction of sp³-hybridized carbons (Fsp3) is 0.333. The monoisotopic (exact) mass is 268 g/mol. The average Bonchev–Trinajstić information content (AvgIpc) is 3.01. The van der Waals surface area contributed by atoms with Crippen molar-refractivity contribution in [2.24, 2.45) is 0 Å². The highest BCUT2D eigenvalue weighted by atomic mass is 16.1. The summed E-state index contributed by atoms with van der Waals surface area (Å²) < 4.78 is 1.89. The van der Waals surface area contributed by atoms with Crippen molar-refractivity contribution in [3.8, 4) is 0 Å². The molecule has 1 amide bonds. The van der Waals surface area contributed by atoms with Crippen molar-refractivity contribution in [3.05, 3.63) is 41.7 Å². The van der Waals surface area contributed by atoms with Crippen molar-refractivity contribution in [2.75, 3.05) is 17.2 Å². The normalized spacial score (nSPS) is 16.6. The molecule has 0 unspecified atom stereocenters. The number of benzene rings is 1. The Morgan fingerprint density at radius 1 is 1.40 bits per heavy atom. The largest absolute Gasteiger partial charge is 0.384 e. The molecule has 2 aromatic rings. The summed E-state index contributed by atoms with van der Waals surface area (Å²) in [4.78, 5) is 12.3. The van der Waals surface area contributed by atoms with Gasteiger partial charge in [0.15, 0.2) is 0 Å². The van der Waals surface area contributed by atoms with Gasteiger partial charge in [0.05, 0.1) is 17.8 Å². The van der Waals surface area contributed by atoms with E-state index >= 15 is 0 Å². The molecule has 1 aromatic heterocycles. The van der Waals surface area contributed by atoms with Crippen LogP contribution in [0.2, 0.25) is 0 Å². The van der Waals surface area contributed by atoms with Gasteiger partial charge in [0.25, 0.3) is 5.91 Å². The van der Waals surface area contributed by atoms with Crippen LogP contribution in [0.25, 0.3) is 0 Å². The van der Waals surface area contributed by atoms with E-state index in [0.29, 0.717) is 11.6 Å². The number of hydrogen-bond donors (Lipinski definition) is 2. The molecule has 102 valence electrons. The van der Waals surface area contributed by atoms with E-state index in [2.05, 4.69) is 15.7 Å². The zero-order valence-corrected chi connectivity index (χ0v) is 11.1. The lowest BCUT2D eigenvalue weighted by Gasteiger charge is -2.08. The van der Waals surface area contributed by atoms with Gasteiger partial charge in [-0.3, -0.25) is 9.48 Å². The highest BCUT2D eigenvalue weighted by Crippen LogP contribution is 2.34. The minimum atomic E-state index is -0.0859. The third-order valence-electron chi connectivity index (χ3n) is 3.90. The van der Waals surface area contributed by atoms with Crippen molar-refractivity contribution < 1.29 is 4.79 Å². The second-order valence-electron chi connectivity index (χ2n) is 5.40. The zero-order valence-electron chi connectivity index (χ0n) is 11.1. The van der Waals surface area contributed by atoms with Crippen LogP contribution in [0.3, 0.4) is 0 Å². The molecule has 1 saturated carbocycles. The van der Waals surface area contributed by atoms with E-state index in [4.69, 9.17) is 0 Å². The SMILES string of the molecule is O=C(Nc1cccc2c1CCN2)c1cnn(C2CC2)c1. The summed E-state index contributed by atoms with van der Waals surface area (Å²) in [5, 5.41) is 10.6. The van der Waals surface area contributed by atoms with Crippen LogP contribution in [0.15, 0.2) is 30.6 Å². The molecule has 0 saturated heterocycles. The van der Waals surface area contributed by atoms with E-state index in [1.807, 2.05) is 29.1 Å². The van der Waals surface area contributed by atoms with Crippen LogP contribution in [0.1, 0.15) is 34.8 Å². The second-order valence-corrected chi connectivity index (χ2v) is 5.40. The standard InChI is InChI=1S/C15H16N4O/c20-15(10-8-17-19(9-10)11-4-5-11)18-14-3-1-2-13-12(14)6-7-16-13/h1-3,8-9,11,16H,4-7H2,(H,18,20). The van der Waals surface area contributed by atoms with Crippen molar-refractivity contribution in [1.29, 1.82) is 0 Å². The molecule has 1 aliphatic carbocycles. The van der Waals surface area contributed by atoms with Gasteiger partial charge in [0.2, 0.25) is 0 Å². The van der Waals surface area contributed by atoms with Gasteiger partial charge in [-0.1, -0.05) is 6.07 Å². The molecule has 5 heteroatoms. The van der Waals surface area contributed by atoms with Gasteiger partial charge in [0.1, 0.15) is 0 Å². The molecule has 1 aromatic carbocycles. The molecule has 0 bridgehead atoms. The lowest BCUT2D eigenvalue weighted by Crippen LogP contribution is -2.12. The first kappa shape index (κ1) is 11.5. The number of nitrogens with zero attached hydrogens (tertiary/aromatic N) is 2. The summed E-state index contributed by atoms with van der Waals surface area (Å²) >= 11 is 0. The zero-order chi connectivity index (χ0) is 13.5. The number of carbonyl (C=O) groups is 1. The van der Waals surface area contributed by atoms with Gasteiger partial charge in [-0.15, -0.1) is 0 Å². The number of carbonyl (C=O) groups excluding carboxylic acids is 1. The van der Waals surface area contributed by atoms with E-state index < -0.39 is 0 Å². The minimum absolute atomic E-state index is 0.0859. The van der Waals surface area contributed by atoms with Gasteiger partial charge in [-0.2, -0.15) is 5.10 Å². The Kier molecular flexibility index (Phi) is 2.52. The summed E-state index contributed by atoms with van der Waals surface area (Å²) in [5.74, 6) is -0.0859. The summed E-state index contributed by atoms with van der Waals surface area (Å²) in [6.07, 6.45) is 6.78. The van der Waals surface area contributed by atoms with Crippen LogP contribution < -0.4 is 10.6 Å². The topological polar surface area (TPSA) is 59.0 Å². The first-order valence-corrected chi connectivity index (χ1v) is 7.02. The van der Waals surface area contributed by atoms with Crippen LogP contribution in [0.5, 0.6) is 0 Å². The van der Waals surface area contributed by atoms with E-state index in [1.165, 1.54) is 18.4 Å². The van der Waals surface area contributed by atoms with E-state index in [9.17, 15) is 4.79 Å². The second kappa shape index (κ2) is 4.37. The molecule has 0 spiro atoms. The lowest BCUT2D eigenvalue weighted by molar-refractivity contribution is 0.102. The molecule has 2 aliphatic rings. The molecule has 2 heterocycles. The molecular formula is C15H16N4O. The van der Waals surface area contributed by atoms with Crippen molar-refractivity contribution in [2.45, 2.75) is 25.3 Å². The number of hydrogen-bond acceptors (Lipinski definition) is 3. The Morgan fingerprint density at radius 3 is 3.15 bits per heavy atom. The smallest absolute Gasteiger partial charge is 0.258 e. The number of anilines is 2. The Bertz CT molecular complexity index is 672. The van der Waals surface area contributed by atoms with Crippen LogP contribution >= 0.6 is 0 Å². The highest BCUT2D eigenvalue weighted by Gasteiger charge is 2.25. The first-order valence-electron chi connectivity index (χ1n) is 7.02. The molecular weight excluding hydrogens is 252 g/mol. The van der Waals surface area contributed by atoms with Crippen LogP contribution in [0.4, 0.5) is 11.4 Å². The number of nitrogens with one attached hydrogen (secondary N) is 2. The third-order valence-corrected chi connectivity index (χ3v) is 3.90. The van der Waals surface area contributed by atoms with Crippen LogP contribution in [-0.4, -0.2) is 22.2 Å². The fourth-order valence-corrected chi connectivity index (χ4v) is 2.65. The van der Waals surface area contributed by atoms with Crippen molar-refractivity contribution in [3.63, 3.8) is 0 Å². The Hall–Kier alpha value is -2.30. The van der Waals surface area contributed by atoms with Gasteiger partial charge in [-0.05, 0) is 31.4 Å². The van der Waals surface area contributed by atoms with Crippen LogP contribution in [-0.2, 0) is 6.42 Å². The van der Waals surface area contributed by atoms with Crippen molar-refractivity contribution >= 4 is 17.3 Å². The van der Waals surface area contributed by atoms with Gasteiger partial charge in [0, 0.05) is 29.7 Å². The molecule has 2 N–H and O–H groups in total. The lowest BCUT2D eigenvalue weighted by atomic mass is 10.1. The maximum atomic E-state index is 12.3. The number of aromatic nitrogens is 2. The summed E-state index contributed by atoms with van der Waals surface area (Å²) in [5.41, 5.74) is 3.84. The fourth-order valence-electron chi connectivity index (χ4n) is 2.65. The highest BCUT2D eigenvalue weighted by molar-refractivity contribution is 6.04. The summed E-state index contributed by atoms with van der Waals surface area (Å²) in [6.45, 7) is 0.932. The molecule has 5 nitrogen and oxygen atoms in total. The van der Waals surface area contributed by atoms with Crippen molar-refractivity contribution in [1.82, 2.24) is 9.78 Å². The average molecular weight is 268 g/mol. The number of amides is 1. The van der Waals surface area contributed by atoms with Gasteiger partial charge in [-0.25, -0.2) is 0 Å². The molecule has 4 rings (SSSR count). The molecule has 1 fully saturated rings. The molecule has 1 aliphatic heterocycles. The Labute approximate surface area is 117 Å². The van der Waals surface area contributed by atoms with Crippen LogP contribution in [0, 0.1) is 0 Å². The number of fused-ring (bicyclic) bond motifs is 1. The van der Waals surface area contributed by atoms with Gasteiger partial charge < -0.3 is 10.6 Å². The maximum absolute atomic E-state index is 12.3. The molecule has 20 heavy (non-hydrogen) atoms. The van der Waals surface area contributed by atoms with E-state index in [1.54, 1.807) is 6.20 Å². The number of rotatable bonds is 3. The predicted octanol–water partition coefficient (Wildman–Crippen LogP) is 2.44. The summed E-state index contributed by atoms with van der Waals surface area (Å²) in [7, 11) is 0. The Morgan fingerprint density at radius 2 is 2.30 bits per heavy atom. The van der Waals surface area contributed by atoms with Gasteiger partial charge >= 0.3 is 0 Å². The first-order chi connectivity index (χ1) is 9.81. The predicted molar refractivity (Wildman–Crippen MR) is 77.1 cm³/mol. The van der Waals surface area contributed by atoms with E-state index in [-0.39, 0.29) is 5.91 Å². The quantitative estimate of drug-likeness (QED) is 0.899. The maximum Gasteiger partial charge on any atom is 0.258 e.